The SMILES string of the molecule is Cc1ccc(-c2nc3ccccc3s2)cc1NC(=O)COc1ccc(Br)cc1. The van der Waals surface area contributed by atoms with E-state index in [0.29, 0.717) is 5.75 Å². The number of carbonyl (C=O) groups is 1. The number of hydrogen-bond acceptors (Lipinski definition) is 4. The maximum absolute atomic E-state index is 12.3. The van der Waals surface area contributed by atoms with Gasteiger partial charge in [0.2, 0.25) is 0 Å². The molecule has 1 heterocycles. The first-order valence-electron chi connectivity index (χ1n) is 8.73. The lowest BCUT2D eigenvalue weighted by Gasteiger charge is -2.11. The Balaban J connectivity index is 1.49. The summed E-state index contributed by atoms with van der Waals surface area (Å²) in [6.07, 6.45) is 0. The molecular weight excluding hydrogens is 436 g/mol. The van der Waals surface area contributed by atoms with Gasteiger partial charge in [0, 0.05) is 15.7 Å². The molecule has 0 atom stereocenters. The minimum atomic E-state index is -0.201. The minimum Gasteiger partial charge on any atom is -0.484 e. The van der Waals surface area contributed by atoms with Crippen molar-refractivity contribution >= 4 is 49.1 Å². The zero-order valence-corrected chi connectivity index (χ0v) is 17.5. The van der Waals surface area contributed by atoms with Gasteiger partial charge in [0.15, 0.2) is 6.61 Å². The average molecular weight is 453 g/mol. The van der Waals surface area contributed by atoms with Crippen LogP contribution in [0.1, 0.15) is 5.56 Å². The van der Waals surface area contributed by atoms with Crippen LogP contribution < -0.4 is 10.1 Å². The molecule has 0 bridgehead atoms. The number of halogens is 1. The third-order valence-corrected chi connectivity index (χ3v) is 5.85. The highest BCUT2D eigenvalue weighted by molar-refractivity contribution is 9.10. The van der Waals surface area contributed by atoms with Crippen LogP contribution in [0.2, 0.25) is 0 Å². The number of carbonyl (C=O) groups excluding carboxylic acids is 1. The molecule has 6 heteroatoms. The first-order valence-corrected chi connectivity index (χ1v) is 10.3. The number of aromatic nitrogens is 1. The van der Waals surface area contributed by atoms with E-state index in [1.54, 1.807) is 11.3 Å². The summed E-state index contributed by atoms with van der Waals surface area (Å²) in [5, 5.41) is 3.87. The molecule has 0 radical (unpaired) electrons. The summed E-state index contributed by atoms with van der Waals surface area (Å²) in [5.41, 5.74) is 3.72. The van der Waals surface area contributed by atoms with Gasteiger partial charge in [-0.15, -0.1) is 11.3 Å². The molecule has 0 unspecified atom stereocenters. The van der Waals surface area contributed by atoms with Crippen LogP contribution in [0.4, 0.5) is 5.69 Å². The van der Waals surface area contributed by atoms with Gasteiger partial charge in [-0.1, -0.05) is 40.2 Å². The van der Waals surface area contributed by atoms with Crippen LogP contribution in [-0.2, 0) is 4.79 Å². The molecule has 3 aromatic carbocycles. The molecule has 0 aliphatic heterocycles. The Labute approximate surface area is 175 Å². The summed E-state index contributed by atoms with van der Waals surface area (Å²) in [6, 6.07) is 21.4. The number of thiazole rings is 1. The Morgan fingerprint density at radius 2 is 1.89 bits per heavy atom. The molecule has 1 amide bonds. The van der Waals surface area contributed by atoms with E-state index in [0.717, 1.165) is 36.5 Å². The number of para-hydroxylation sites is 1. The lowest BCUT2D eigenvalue weighted by atomic mass is 10.1. The van der Waals surface area contributed by atoms with Crippen LogP contribution in [0, 0.1) is 6.92 Å². The Morgan fingerprint density at radius 1 is 1.11 bits per heavy atom. The van der Waals surface area contributed by atoms with Gasteiger partial charge in [-0.25, -0.2) is 4.98 Å². The molecule has 4 rings (SSSR count). The fourth-order valence-corrected chi connectivity index (χ4v) is 3.98. The second-order valence-electron chi connectivity index (χ2n) is 6.31. The predicted molar refractivity (Wildman–Crippen MR) is 118 cm³/mol. The van der Waals surface area contributed by atoms with Gasteiger partial charge in [-0.3, -0.25) is 4.79 Å². The largest absolute Gasteiger partial charge is 0.484 e. The molecular formula is C22H17BrN2O2S. The molecule has 140 valence electrons. The number of fused-ring (bicyclic) bond motifs is 1. The normalized spacial score (nSPS) is 10.8. The van der Waals surface area contributed by atoms with Gasteiger partial charge >= 0.3 is 0 Å². The van der Waals surface area contributed by atoms with Crippen molar-refractivity contribution in [1.82, 2.24) is 4.98 Å². The Bertz CT molecular complexity index is 1110. The van der Waals surface area contributed by atoms with Crippen molar-refractivity contribution < 1.29 is 9.53 Å². The van der Waals surface area contributed by atoms with Crippen molar-refractivity contribution in [2.75, 3.05) is 11.9 Å². The zero-order chi connectivity index (χ0) is 19.5. The topological polar surface area (TPSA) is 51.2 Å². The van der Waals surface area contributed by atoms with Crippen molar-refractivity contribution in [1.29, 1.82) is 0 Å². The van der Waals surface area contributed by atoms with Crippen LogP contribution in [0.5, 0.6) is 5.75 Å². The third-order valence-electron chi connectivity index (χ3n) is 4.24. The molecule has 1 N–H and O–H groups in total. The molecule has 4 nitrogen and oxygen atoms in total. The monoisotopic (exact) mass is 452 g/mol. The molecule has 0 aliphatic carbocycles. The Kier molecular flexibility index (Phi) is 5.41. The fraction of sp³-hybridized carbons (Fsp3) is 0.0909. The number of nitrogens with one attached hydrogen (secondary N) is 1. The number of hydrogen-bond donors (Lipinski definition) is 1. The Morgan fingerprint density at radius 3 is 2.68 bits per heavy atom. The second-order valence-corrected chi connectivity index (χ2v) is 8.25. The third kappa shape index (κ3) is 4.24. The number of anilines is 1. The van der Waals surface area contributed by atoms with E-state index in [-0.39, 0.29) is 12.5 Å². The summed E-state index contributed by atoms with van der Waals surface area (Å²) in [6.45, 7) is 1.92. The molecule has 4 aromatic rings. The number of amides is 1. The average Bonchev–Trinajstić information content (AvgIpc) is 3.13. The maximum atomic E-state index is 12.3. The lowest BCUT2D eigenvalue weighted by Crippen LogP contribution is -2.20. The van der Waals surface area contributed by atoms with Crippen LogP contribution in [-0.4, -0.2) is 17.5 Å². The van der Waals surface area contributed by atoms with Gasteiger partial charge in [-0.2, -0.15) is 0 Å². The molecule has 1 aromatic heterocycles. The Hall–Kier alpha value is -2.70. The molecule has 0 fully saturated rings. The van der Waals surface area contributed by atoms with Crippen LogP contribution in [0.3, 0.4) is 0 Å². The minimum absolute atomic E-state index is 0.0492. The smallest absolute Gasteiger partial charge is 0.262 e. The highest BCUT2D eigenvalue weighted by Gasteiger charge is 2.10. The second kappa shape index (κ2) is 8.12. The van der Waals surface area contributed by atoms with E-state index in [9.17, 15) is 4.79 Å². The molecule has 0 saturated carbocycles. The van der Waals surface area contributed by atoms with Crippen molar-refractivity contribution in [3.05, 3.63) is 76.8 Å². The zero-order valence-electron chi connectivity index (χ0n) is 15.1. The molecule has 0 saturated heterocycles. The number of ether oxygens (including phenoxy) is 1. The van der Waals surface area contributed by atoms with E-state index >= 15 is 0 Å². The standard InChI is InChI=1S/C22H17BrN2O2S/c1-14-6-7-15(22-25-18-4-2-3-5-20(18)28-22)12-19(14)24-21(26)13-27-17-10-8-16(23)9-11-17/h2-12H,13H2,1H3,(H,24,26). The summed E-state index contributed by atoms with van der Waals surface area (Å²) < 4.78 is 7.66. The quantitative estimate of drug-likeness (QED) is 0.400. The van der Waals surface area contributed by atoms with E-state index < -0.39 is 0 Å². The van der Waals surface area contributed by atoms with Gasteiger partial charge in [0.05, 0.1) is 10.2 Å². The van der Waals surface area contributed by atoms with Gasteiger partial charge < -0.3 is 10.1 Å². The van der Waals surface area contributed by atoms with Crippen molar-refractivity contribution in [2.45, 2.75) is 6.92 Å². The summed E-state index contributed by atoms with van der Waals surface area (Å²) >= 11 is 5.02. The summed E-state index contributed by atoms with van der Waals surface area (Å²) in [7, 11) is 0. The highest BCUT2D eigenvalue weighted by Crippen LogP contribution is 2.32. The van der Waals surface area contributed by atoms with Crippen LogP contribution in [0.15, 0.2) is 71.2 Å². The van der Waals surface area contributed by atoms with E-state index in [2.05, 4.69) is 27.3 Å². The van der Waals surface area contributed by atoms with Crippen LogP contribution in [0.25, 0.3) is 20.8 Å². The van der Waals surface area contributed by atoms with Crippen molar-refractivity contribution in [3.8, 4) is 16.3 Å². The molecule has 0 spiro atoms. The van der Waals surface area contributed by atoms with Crippen molar-refractivity contribution in [2.24, 2.45) is 0 Å². The van der Waals surface area contributed by atoms with E-state index in [4.69, 9.17) is 9.72 Å². The van der Waals surface area contributed by atoms with Gasteiger partial charge in [-0.05, 0) is 55.0 Å². The first kappa shape index (κ1) is 18.7. The van der Waals surface area contributed by atoms with E-state index in [1.165, 1.54) is 0 Å². The summed E-state index contributed by atoms with van der Waals surface area (Å²) in [5.74, 6) is 0.450. The lowest BCUT2D eigenvalue weighted by molar-refractivity contribution is -0.118. The predicted octanol–water partition coefficient (Wildman–Crippen LogP) is 6.05. The van der Waals surface area contributed by atoms with Crippen LogP contribution >= 0.6 is 27.3 Å². The van der Waals surface area contributed by atoms with E-state index in [1.807, 2.05) is 67.6 Å². The number of benzene rings is 3. The molecule has 28 heavy (non-hydrogen) atoms. The number of nitrogens with zero attached hydrogens (tertiary/aromatic N) is 1. The highest BCUT2D eigenvalue weighted by atomic mass is 79.9. The number of rotatable bonds is 5. The summed E-state index contributed by atoms with van der Waals surface area (Å²) in [4.78, 5) is 17.0. The van der Waals surface area contributed by atoms with Crippen molar-refractivity contribution in [3.63, 3.8) is 0 Å². The van der Waals surface area contributed by atoms with Gasteiger partial charge in [0.25, 0.3) is 5.91 Å². The molecule has 0 aliphatic rings. The maximum Gasteiger partial charge on any atom is 0.262 e. The fourth-order valence-electron chi connectivity index (χ4n) is 2.75. The first-order chi connectivity index (χ1) is 13.6. The van der Waals surface area contributed by atoms with Gasteiger partial charge in [0.1, 0.15) is 10.8 Å². The number of aryl methyl sites for hydroxylation is 1.